The SMILES string of the molecule is CCc1ccc(OCCCN2CCC(c3noc4cc(C)ccc34)CC2)c(OC)c1. The first kappa shape index (κ1) is 20.7. The third kappa shape index (κ3) is 4.62. The second-order valence-electron chi connectivity index (χ2n) is 8.22. The van der Waals surface area contributed by atoms with Gasteiger partial charge in [-0.25, -0.2) is 0 Å². The molecule has 0 atom stereocenters. The van der Waals surface area contributed by atoms with Crippen LogP contribution in [-0.2, 0) is 6.42 Å². The zero-order valence-electron chi connectivity index (χ0n) is 18.3. The number of rotatable bonds is 8. The van der Waals surface area contributed by atoms with E-state index in [9.17, 15) is 0 Å². The molecule has 0 saturated carbocycles. The molecule has 2 heterocycles. The summed E-state index contributed by atoms with van der Waals surface area (Å²) in [4.78, 5) is 2.53. The zero-order chi connectivity index (χ0) is 20.9. The zero-order valence-corrected chi connectivity index (χ0v) is 18.3. The normalized spacial score (nSPS) is 15.6. The van der Waals surface area contributed by atoms with E-state index in [4.69, 9.17) is 14.0 Å². The highest BCUT2D eigenvalue weighted by Gasteiger charge is 2.24. The summed E-state index contributed by atoms with van der Waals surface area (Å²) in [6.45, 7) is 8.18. The number of nitrogens with zero attached hydrogens (tertiary/aromatic N) is 2. The average Bonchev–Trinajstić information content (AvgIpc) is 3.20. The number of ether oxygens (including phenoxy) is 2. The second-order valence-corrected chi connectivity index (χ2v) is 8.22. The van der Waals surface area contributed by atoms with E-state index in [2.05, 4.69) is 54.2 Å². The van der Waals surface area contributed by atoms with Crippen molar-refractivity contribution >= 4 is 11.0 Å². The molecule has 1 aromatic heterocycles. The summed E-state index contributed by atoms with van der Waals surface area (Å²) < 4.78 is 17.0. The van der Waals surface area contributed by atoms with Crippen LogP contribution in [-0.4, -0.2) is 43.4 Å². The lowest BCUT2D eigenvalue weighted by molar-refractivity contribution is 0.189. The van der Waals surface area contributed by atoms with Gasteiger partial charge in [0.1, 0.15) is 0 Å². The molecule has 1 saturated heterocycles. The van der Waals surface area contributed by atoms with Gasteiger partial charge in [-0.05, 0) is 81.1 Å². The van der Waals surface area contributed by atoms with E-state index in [0.29, 0.717) is 12.5 Å². The molecule has 5 heteroatoms. The number of methoxy groups -OCH3 is 1. The number of fused-ring (bicyclic) bond motifs is 1. The van der Waals surface area contributed by atoms with Gasteiger partial charge in [0.05, 0.1) is 19.4 Å². The van der Waals surface area contributed by atoms with Gasteiger partial charge >= 0.3 is 0 Å². The Morgan fingerprint density at radius 2 is 1.93 bits per heavy atom. The highest BCUT2D eigenvalue weighted by molar-refractivity contribution is 5.80. The highest BCUT2D eigenvalue weighted by Crippen LogP contribution is 2.33. The van der Waals surface area contributed by atoms with E-state index in [1.54, 1.807) is 7.11 Å². The Morgan fingerprint density at radius 1 is 1.10 bits per heavy atom. The molecule has 4 rings (SSSR count). The van der Waals surface area contributed by atoms with Crippen LogP contribution < -0.4 is 9.47 Å². The molecular formula is C25H32N2O3. The molecule has 0 unspecified atom stereocenters. The van der Waals surface area contributed by atoms with E-state index in [-0.39, 0.29) is 0 Å². The minimum Gasteiger partial charge on any atom is -0.493 e. The highest BCUT2D eigenvalue weighted by atomic mass is 16.5. The number of hydrogen-bond donors (Lipinski definition) is 0. The first-order valence-corrected chi connectivity index (χ1v) is 11.1. The molecule has 30 heavy (non-hydrogen) atoms. The van der Waals surface area contributed by atoms with Gasteiger partial charge in [0.2, 0.25) is 0 Å². The fourth-order valence-corrected chi connectivity index (χ4v) is 4.31. The standard InChI is InChI=1S/C25H32N2O3/c1-4-19-7-9-22(24(17-19)28-3)29-15-5-12-27-13-10-20(11-14-27)25-21-8-6-18(2)16-23(21)30-26-25/h6-9,16-17,20H,4-5,10-15H2,1-3H3. The second kappa shape index (κ2) is 9.52. The van der Waals surface area contributed by atoms with Gasteiger partial charge in [-0.3, -0.25) is 0 Å². The first-order chi connectivity index (χ1) is 14.7. The maximum atomic E-state index is 5.98. The monoisotopic (exact) mass is 408 g/mol. The summed E-state index contributed by atoms with van der Waals surface area (Å²) in [6.07, 6.45) is 4.26. The van der Waals surface area contributed by atoms with Crippen LogP contribution in [0, 0.1) is 6.92 Å². The molecule has 0 spiro atoms. The van der Waals surface area contributed by atoms with Crippen LogP contribution in [0.5, 0.6) is 11.5 Å². The van der Waals surface area contributed by atoms with Crippen molar-refractivity contribution < 1.29 is 14.0 Å². The van der Waals surface area contributed by atoms with Crippen LogP contribution in [0.25, 0.3) is 11.0 Å². The molecule has 3 aromatic rings. The minimum atomic E-state index is 0.489. The third-order valence-electron chi connectivity index (χ3n) is 6.14. The van der Waals surface area contributed by atoms with Crippen LogP contribution in [0.2, 0.25) is 0 Å². The van der Waals surface area contributed by atoms with E-state index in [0.717, 1.165) is 68.1 Å². The fourth-order valence-electron chi connectivity index (χ4n) is 4.31. The molecule has 1 aliphatic rings. The van der Waals surface area contributed by atoms with Gasteiger partial charge in [-0.15, -0.1) is 0 Å². The van der Waals surface area contributed by atoms with E-state index in [1.165, 1.54) is 16.5 Å². The Kier molecular flexibility index (Phi) is 6.58. The van der Waals surface area contributed by atoms with Gasteiger partial charge in [0.25, 0.3) is 0 Å². The summed E-state index contributed by atoms with van der Waals surface area (Å²) in [7, 11) is 1.70. The number of aromatic nitrogens is 1. The molecule has 0 radical (unpaired) electrons. The van der Waals surface area contributed by atoms with Crippen molar-refractivity contribution in [1.82, 2.24) is 10.1 Å². The summed E-state index contributed by atoms with van der Waals surface area (Å²) in [5.41, 5.74) is 4.51. The molecule has 0 N–H and O–H groups in total. The van der Waals surface area contributed by atoms with Crippen LogP contribution in [0.15, 0.2) is 40.9 Å². The van der Waals surface area contributed by atoms with Gasteiger partial charge in [-0.2, -0.15) is 0 Å². The largest absolute Gasteiger partial charge is 0.493 e. The molecule has 1 aliphatic heterocycles. The minimum absolute atomic E-state index is 0.489. The molecule has 0 amide bonds. The van der Waals surface area contributed by atoms with Gasteiger partial charge < -0.3 is 18.9 Å². The maximum absolute atomic E-state index is 5.98. The number of hydrogen-bond acceptors (Lipinski definition) is 5. The van der Waals surface area contributed by atoms with Crippen LogP contribution in [0.4, 0.5) is 0 Å². The lowest BCUT2D eigenvalue weighted by Gasteiger charge is -2.31. The van der Waals surface area contributed by atoms with E-state index < -0.39 is 0 Å². The van der Waals surface area contributed by atoms with Crippen molar-refractivity contribution in [3.63, 3.8) is 0 Å². The van der Waals surface area contributed by atoms with Crippen molar-refractivity contribution in [2.45, 2.75) is 45.4 Å². The van der Waals surface area contributed by atoms with Crippen LogP contribution in [0.1, 0.15) is 48.9 Å². The molecular weight excluding hydrogens is 376 g/mol. The Labute approximate surface area is 178 Å². The van der Waals surface area contributed by atoms with E-state index in [1.807, 2.05) is 6.07 Å². The number of piperidine rings is 1. The van der Waals surface area contributed by atoms with Crippen molar-refractivity contribution in [1.29, 1.82) is 0 Å². The lowest BCUT2D eigenvalue weighted by atomic mass is 9.91. The maximum Gasteiger partial charge on any atom is 0.167 e. The van der Waals surface area contributed by atoms with Crippen molar-refractivity contribution in [3.05, 3.63) is 53.2 Å². The van der Waals surface area contributed by atoms with E-state index >= 15 is 0 Å². The fraction of sp³-hybridized carbons (Fsp3) is 0.480. The number of benzene rings is 2. The van der Waals surface area contributed by atoms with Crippen LogP contribution >= 0.6 is 0 Å². The molecule has 0 aliphatic carbocycles. The molecule has 160 valence electrons. The topological polar surface area (TPSA) is 47.7 Å². The molecule has 1 fully saturated rings. The third-order valence-corrected chi connectivity index (χ3v) is 6.14. The van der Waals surface area contributed by atoms with Gasteiger partial charge in [0, 0.05) is 17.8 Å². The predicted molar refractivity (Wildman–Crippen MR) is 120 cm³/mol. The Morgan fingerprint density at radius 3 is 2.70 bits per heavy atom. The Bertz CT molecular complexity index is 974. The summed E-state index contributed by atoms with van der Waals surface area (Å²) in [6, 6.07) is 12.6. The van der Waals surface area contributed by atoms with Crippen molar-refractivity contribution in [2.24, 2.45) is 0 Å². The lowest BCUT2D eigenvalue weighted by Crippen LogP contribution is -2.34. The quantitative estimate of drug-likeness (QED) is 0.470. The Balaban J connectivity index is 1.24. The average molecular weight is 409 g/mol. The van der Waals surface area contributed by atoms with Gasteiger partial charge in [0.15, 0.2) is 17.1 Å². The molecule has 0 bridgehead atoms. The van der Waals surface area contributed by atoms with Crippen molar-refractivity contribution in [2.75, 3.05) is 33.4 Å². The number of aryl methyl sites for hydroxylation is 2. The van der Waals surface area contributed by atoms with Crippen LogP contribution in [0.3, 0.4) is 0 Å². The van der Waals surface area contributed by atoms with Gasteiger partial charge in [-0.1, -0.05) is 24.2 Å². The molecule has 2 aromatic carbocycles. The summed E-state index contributed by atoms with van der Waals surface area (Å²) >= 11 is 0. The molecule has 5 nitrogen and oxygen atoms in total. The summed E-state index contributed by atoms with van der Waals surface area (Å²) in [5, 5.41) is 5.57. The Hall–Kier alpha value is -2.53. The first-order valence-electron chi connectivity index (χ1n) is 11.1. The smallest absolute Gasteiger partial charge is 0.167 e. The number of likely N-dealkylation sites (tertiary alicyclic amines) is 1. The predicted octanol–water partition coefficient (Wildman–Crippen LogP) is 5.36. The van der Waals surface area contributed by atoms with Crippen molar-refractivity contribution in [3.8, 4) is 11.5 Å². The summed E-state index contributed by atoms with van der Waals surface area (Å²) in [5.74, 6) is 2.15.